The molecule has 0 aromatic heterocycles. The maximum absolute atomic E-state index is 11.5. The number of nitrogens with zero attached hydrogens (tertiary/aromatic N) is 1. The van der Waals surface area contributed by atoms with Crippen molar-refractivity contribution < 1.29 is 9.53 Å². The Balaban J connectivity index is 2.97. The van der Waals surface area contributed by atoms with E-state index in [1.165, 1.54) is 7.11 Å². The lowest BCUT2D eigenvalue weighted by Gasteiger charge is -2.21. The SMILES string of the molecule is COC(=O)c1cccc(N(C)CCSC)c1N. The van der Waals surface area contributed by atoms with Gasteiger partial charge in [-0.15, -0.1) is 0 Å². The van der Waals surface area contributed by atoms with Gasteiger partial charge in [-0.1, -0.05) is 6.07 Å². The van der Waals surface area contributed by atoms with E-state index in [0.717, 1.165) is 18.0 Å². The number of methoxy groups -OCH3 is 1. The number of nitrogens with two attached hydrogens (primary N) is 1. The van der Waals surface area contributed by atoms with Gasteiger partial charge in [0, 0.05) is 19.3 Å². The number of nitrogen functional groups attached to an aromatic ring is 1. The topological polar surface area (TPSA) is 55.6 Å². The molecule has 0 spiro atoms. The van der Waals surface area contributed by atoms with Crippen molar-refractivity contribution in [2.24, 2.45) is 0 Å². The number of hydrogen-bond acceptors (Lipinski definition) is 5. The lowest BCUT2D eigenvalue weighted by atomic mass is 10.1. The van der Waals surface area contributed by atoms with Crippen molar-refractivity contribution >= 4 is 29.1 Å². The molecule has 2 N–H and O–H groups in total. The van der Waals surface area contributed by atoms with Crippen molar-refractivity contribution in [3.8, 4) is 0 Å². The molecule has 0 fully saturated rings. The maximum atomic E-state index is 11.5. The van der Waals surface area contributed by atoms with Gasteiger partial charge in [0.05, 0.1) is 24.0 Å². The van der Waals surface area contributed by atoms with Crippen LogP contribution in [0.1, 0.15) is 10.4 Å². The Morgan fingerprint density at radius 2 is 2.24 bits per heavy atom. The first-order valence-corrected chi connectivity index (χ1v) is 6.68. The predicted octanol–water partition coefficient (Wildman–Crippen LogP) is 1.85. The van der Waals surface area contributed by atoms with Gasteiger partial charge in [0.2, 0.25) is 0 Å². The number of para-hydroxylation sites is 1. The summed E-state index contributed by atoms with van der Waals surface area (Å²) in [7, 11) is 3.31. The molecule has 1 aromatic carbocycles. The number of carbonyl (C=O) groups excluding carboxylic acids is 1. The number of carbonyl (C=O) groups is 1. The number of hydrogen-bond donors (Lipinski definition) is 1. The molecule has 0 unspecified atom stereocenters. The Morgan fingerprint density at radius 3 is 2.82 bits per heavy atom. The van der Waals surface area contributed by atoms with Crippen molar-refractivity contribution in [2.75, 3.05) is 43.3 Å². The summed E-state index contributed by atoms with van der Waals surface area (Å²) in [5, 5.41) is 0. The number of anilines is 2. The van der Waals surface area contributed by atoms with Crippen LogP contribution in [0.25, 0.3) is 0 Å². The Kier molecular flexibility index (Phi) is 5.15. The number of thioether (sulfide) groups is 1. The number of ether oxygens (including phenoxy) is 1. The van der Waals surface area contributed by atoms with Crippen LogP contribution < -0.4 is 10.6 Å². The molecule has 0 aliphatic heterocycles. The van der Waals surface area contributed by atoms with Gasteiger partial charge in [-0.25, -0.2) is 4.79 Å². The van der Waals surface area contributed by atoms with Gasteiger partial charge >= 0.3 is 5.97 Å². The van der Waals surface area contributed by atoms with Gasteiger partial charge in [-0.05, 0) is 18.4 Å². The molecule has 0 radical (unpaired) electrons. The first-order valence-electron chi connectivity index (χ1n) is 5.28. The molecule has 0 bridgehead atoms. The second-order valence-corrected chi connectivity index (χ2v) is 4.63. The molecular formula is C12H18N2O2S. The van der Waals surface area contributed by atoms with Gasteiger partial charge in [-0.3, -0.25) is 0 Å². The fraction of sp³-hybridized carbons (Fsp3) is 0.417. The average Bonchev–Trinajstić information content (AvgIpc) is 2.35. The first-order chi connectivity index (χ1) is 8.11. The van der Waals surface area contributed by atoms with Crippen LogP contribution in [0.2, 0.25) is 0 Å². The Labute approximate surface area is 106 Å². The predicted molar refractivity (Wildman–Crippen MR) is 73.8 cm³/mol. The van der Waals surface area contributed by atoms with E-state index in [1.54, 1.807) is 17.8 Å². The smallest absolute Gasteiger partial charge is 0.340 e. The van der Waals surface area contributed by atoms with Crippen LogP contribution in [0.15, 0.2) is 18.2 Å². The fourth-order valence-corrected chi connectivity index (χ4v) is 1.98. The van der Waals surface area contributed by atoms with Crippen LogP contribution >= 0.6 is 11.8 Å². The van der Waals surface area contributed by atoms with Crippen molar-refractivity contribution in [3.05, 3.63) is 23.8 Å². The minimum atomic E-state index is -0.400. The van der Waals surface area contributed by atoms with E-state index in [4.69, 9.17) is 10.5 Å². The molecule has 0 aliphatic rings. The third-order valence-corrected chi connectivity index (χ3v) is 3.12. The van der Waals surface area contributed by atoms with Crippen LogP contribution in [0.3, 0.4) is 0 Å². The Morgan fingerprint density at radius 1 is 1.53 bits per heavy atom. The molecule has 17 heavy (non-hydrogen) atoms. The van der Waals surface area contributed by atoms with E-state index in [9.17, 15) is 4.79 Å². The van der Waals surface area contributed by atoms with E-state index in [2.05, 4.69) is 6.26 Å². The van der Waals surface area contributed by atoms with E-state index in [0.29, 0.717) is 11.3 Å². The first kappa shape index (κ1) is 13.7. The van der Waals surface area contributed by atoms with Gasteiger partial charge in [-0.2, -0.15) is 11.8 Å². The molecular weight excluding hydrogens is 236 g/mol. The van der Waals surface area contributed by atoms with Crippen LogP contribution in [0, 0.1) is 0 Å². The van der Waals surface area contributed by atoms with Gasteiger partial charge in [0.15, 0.2) is 0 Å². The van der Waals surface area contributed by atoms with Crippen molar-refractivity contribution in [2.45, 2.75) is 0 Å². The molecule has 0 atom stereocenters. The lowest BCUT2D eigenvalue weighted by Crippen LogP contribution is -2.22. The van der Waals surface area contributed by atoms with E-state index in [1.807, 2.05) is 24.1 Å². The normalized spacial score (nSPS) is 10.1. The fourth-order valence-electron chi connectivity index (χ4n) is 1.52. The summed E-state index contributed by atoms with van der Waals surface area (Å²) in [6.45, 7) is 0.885. The van der Waals surface area contributed by atoms with E-state index >= 15 is 0 Å². The third-order valence-electron chi connectivity index (χ3n) is 2.53. The molecule has 0 saturated carbocycles. The van der Waals surface area contributed by atoms with Crippen molar-refractivity contribution in [1.82, 2.24) is 0 Å². The van der Waals surface area contributed by atoms with Crippen molar-refractivity contribution in [3.63, 3.8) is 0 Å². The molecule has 0 amide bonds. The molecule has 0 heterocycles. The average molecular weight is 254 g/mol. The quantitative estimate of drug-likeness (QED) is 0.642. The van der Waals surface area contributed by atoms with Gasteiger partial charge in [0.25, 0.3) is 0 Å². The Hall–Kier alpha value is -1.36. The summed E-state index contributed by atoms with van der Waals surface area (Å²) in [6, 6.07) is 5.39. The number of benzene rings is 1. The van der Waals surface area contributed by atoms with E-state index in [-0.39, 0.29) is 0 Å². The summed E-state index contributed by atoms with van der Waals surface area (Å²) in [4.78, 5) is 13.5. The highest BCUT2D eigenvalue weighted by Crippen LogP contribution is 2.26. The molecule has 94 valence electrons. The molecule has 0 saturated heterocycles. The highest BCUT2D eigenvalue weighted by Gasteiger charge is 2.14. The highest BCUT2D eigenvalue weighted by molar-refractivity contribution is 7.98. The largest absolute Gasteiger partial charge is 0.465 e. The highest BCUT2D eigenvalue weighted by atomic mass is 32.2. The minimum absolute atomic E-state index is 0.400. The van der Waals surface area contributed by atoms with Crippen LogP contribution in [0.4, 0.5) is 11.4 Å². The zero-order chi connectivity index (χ0) is 12.8. The third kappa shape index (κ3) is 3.30. The summed E-state index contributed by atoms with van der Waals surface area (Å²) in [6.07, 6.45) is 2.06. The minimum Gasteiger partial charge on any atom is -0.465 e. The molecule has 1 aromatic rings. The zero-order valence-electron chi connectivity index (χ0n) is 10.4. The monoisotopic (exact) mass is 254 g/mol. The van der Waals surface area contributed by atoms with Crippen molar-refractivity contribution in [1.29, 1.82) is 0 Å². The molecule has 5 heteroatoms. The number of rotatable bonds is 5. The molecule has 1 rings (SSSR count). The summed E-state index contributed by atoms with van der Waals surface area (Å²) < 4.78 is 4.69. The van der Waals surface area contributed by atoms with E-state index < -0.39 is 5.97 Å². The number of esters is 1. The zero-order valence-corrected chi connectivity index (χ0v) is 11.2. The lowest BCUT2D eigenvalue weighted by molar-refractivity contribution is 0.0602. The van der Waals surface area contributed by atoms with Gasteiger partial charge in [0.1, 0.15) is 0 Å². The second-order valence-electron chi connectivity index (χ2n) is 3.64. The van der Waals surface area contributed by atoms with Crippen LogP contribution in [-0.2, 0) is 4.74 Å². The standard InChI is InChI=1S/C12H18N2O2S/c1-14(7-8-17-3)10-6-4-5-9(11(10)13)12(15)16-2/h4-6H,7-8,13H2,1-3H3. The summed E-state index contributed by atoms with van der Waals surface area (Å²) >= 11 is 1.77. The van der Waals surface area contributed by atoms with Crippen LogP contribution in [0.5, 0.6) is 0 Å². The summed E-state index contributed by atoms with van der Waals surface area (Å²) in [5.74, 6) is 0.612. The molecule has 0 aliphatic carbocycles. The maximum Gasteiger partial charge on any atom is 0.340 e. The Bertz CT molecular complexity index is 396. The second kappa shape index (κ2) is 6.39. The van der Waals surface area contributed by atoms with Crippen LogP contribution in [-0.4, -0.2) is 38.7 Å². The summed E-state index contributed by atoms with van der Waals surface area (Å²) in [5.41, 5.74) is 7.74. The van der Waals surface area contributed by atoms with Gasteiger partial charge < -0.3 is 15.4 Å². The molecule has 4 nitrogen and oxygen atoms in total.